The molecule has 1 saturated heterocycles. The molecular weight excluding hydrogens is 472 g/mol. The Morgan fingerprint density at radius 2 is 2.03 bits per heavy atom. The molecule has 2 fully saturated rings. The molecule has 6 nitrogen and oxygen atoms in total. The first kappa shape index (κ1) is 27.2. The van der Waals surface area contributed by atoms with Crippen molar-refractivity contribution in [2.75, 3.05) is 32.5 Å². The molecule has 2 aliphatic rings. The Morgan fingerprint density at radius 1 is 1.19 bits per heavy atom. The second-order valence-electron chi connectivity index (χ2n) is 10.5. The Balaban J connectivity index is 1.31. The largest absolute Gasteiger partial charge is 0.497 e. The number of aromatic nitrogens is 1. The van der Waals surface area contributed by atoms with Crippen LogP contribution in [0.4, 0.5) is 0 Å². The van der Waals surface area contributed by atoms with Crippen LogP contribution >= 0.6 is 11.8 Å². The molecule has 1 saturated carbocycles. The second-order valence-corrected chi connectivity index (χ2v) is 12.0. The van der Waals surface area contributed by atoms with E-state index in [2.05, 4.69) is 21.6 Å². The first-order valence-electron chi connectivity index (χ1n) is 13.7. The predicted molar refractivity (Wildman–Crippen MR) is 147 cm³/mol. The number of benzene rings is 1. The fourth-order valence-corrected chi connectivity index (χ4v) is 7.36. The van der Waals surface area contributed by atoms with E-state index in [0.29, 0.717) is 18.3 Å². The number of hydrogen-bond acceptors (Lipinski definition) is 6. The van der Waals surface area contributed by atoms with Crippen LogP contribution in [0.3, 0.4) is 0 Å². The van der Waals surface area contributed by atoms with E-state index >= 15 is 0 Å². The highest BCUT2D eigenvalue weighted by Crippen LogP contribution is 2.35. The van der Waals surface area contributed by atoms with Gasteiger partial charge in [-0.1, -0.05) is 12.8 Å². The van der Waals surface area contributed by atoms with Gasteiger partial charge in [-0.3, -0.25) is 9.78 Å². The molecule has 1 aliphatic heterocycles. The topological polar surface area (TPSA) is 82.9 Å². The van der Waals surface area contributed by atoms with Gasteiger partial charge >= 0.3 is 5.97 Å². The number of nitrogens with zero attached hydrogens (tertiary/aromatic N) is 2. The van der Waals surface area contributed by atoms with Crippen LogP contribution in [0, 0.1) is 11.8 Å². The van der Waals surface area contributed by atoms with Crippen LogP contribution in [0.2, 0.25) is 0 Å². The third-order valence-corrected chi connectivity index (χ3v) is 9.60. The molecule has 2 unspecified atom stereocenters. The number of carboxylic acid groups (broad SMARTS) is 1. The molecule has 36 heavy (non-hydrogen) atoms. The average molecular weight is 515 g/mol. The van der Waals surface area contributed by atoms with E-state index in [-0.39, 0.29) is 6.42 Å². The number of methoxy groups -OCH3 is 1. The van der Waals surface area contributed by atoms with E-state index in [9.17, 15) is 15.0 Å². The normalized spacial score (nSPS) is 22.2. The van der Waals surface area contributed by atoms with Gasteiger partial charge in [0.1, 0.15) is 5.75 Å². The molecule has 1 aromatic heterocycles. The van der Waals surface area contributed by atoms with E-state index in [1.165, 1.54) is 37.9 Å². The van der Waals surface area contributed by atoms with Crippen LogP contribution in [0.1, 0.15) is 75.9 Å². The second kappa shape index (κ2) is 13.6. The maximum atomic E-state index is 11.3. The molecule has 0 radical (unpaired) electrons. The van der Waals surface area contributed by atoms with E-state index in [1.807, 2.05) is 24.3 Å². The smallest absolute Gasteiger partial charge is 0.303 e. The number of pyridine rings is 1. The molecule has 198 valence electrons. The van der Waals surface area contributed by atoms with Gasteiger partial charge in [-0.25, -0.2) is 0 Å². The highest BCUT2D eigenvalue weighted by Gasteiger charge is 2.30. The lowest BCUT2D eigenvalue weighted by molar-refractivity contribution is -0.137. The average Bonchev–Trinajstić information content (AvgIpc) is 3.42. The molecule has 0 bridgehead atoms. The quantitative estimate of drug-likeness (QED) is 0.321. The number of rotatable bonds is 13. The summed E-state index contributed by atoms with van der Waals surface area (Å²) in [4.78, 5) is 18.3. The zero-order valence-corrected chi connectivity index (χ0v) is 22.4. The summed E-state index contributed by atoms with van der Waals surface area (Å²) in [5, 5.41) is 22.2. The Hall–Kier alpha value is -1.83. The predicted octanol–water partition coefficient (Wildman–Crippen LogP) is 5.93. The summed E-state index contributed by atoms with van der Waals surface area (Å²) in [5.41, 5.74) is 1.74. The van der Waals surface area contributed by atoms with Crippen LogP contribution in [0.15, 0.2) is 30.5 Å². The molecule has 0 spiro atoms. The number of aliphatic carboxylic acids is 1. The van der Waals surface area contributed by atoms with Crippen LogP contribution in [0.5, 0.6) is 5.75 Å². The molecule has 1 aromatic carbocycles. The van der Waals surface area contributed by atoms with E-state index in [1.54, 1.807) is 13.3 Å². The number of aliphatic hydroxyl groups is 1. The van der Waals surface area contributed by atoms with Crippen molar-refractivity contribution in [2.24, 2.45) is 11.8 Å². The lowest BCUT2D eigenvalue weighted by atomic mass is 9.79. The number of carboxylic acids is 1. The summed E-state index contributed by atoms with van der Waals surface area (Å²) in [5.74, 6) is 2.11. The lowest BCUT2D eigenvalue weighted by Gasteiger charge is -2.39. The van der Waals surface area contributed by atoms with Gasteiger partial charge < -0.3 is 19.8 Å². The Kier molecular flexibility index (Phi) is 10.3. The third kappa shape index (κ3) is 7.59. The molecule has 0 amide bonds. The molecule has 7 heteroatoms. The van der Waals surface area contributed by atoms with Crippen molar-refractivity contribution >= 4 is 28.6 Å². The number of piperidine rings is 1. The van der Waals surface area contributed by atoms with Gasteiger partial charge in [0, 0.05) is 29.8 Å². The summed E-state index contributed by atoms with van der Waals surface area (Å²) in [6.07, 6.45) is 11.6. The summed E-state index contributed by atoms with van der Waals surface area (Å²) >= 11 is 2.16. The molecule has 3 atom stereocenters. The van der Waals surface area contributed by atoms with Crippen molar-refractivity contribution in [3.63, 3.8) is 0 Å². The van der Waals surface area contributed by atoms with Crippen molar-refractivity contribution < 1.29 is 19.7 Å². The molecule has 2 heterocycles. The number of carbonyl (C=O) groups is 1. The molecule has 2 aromatic rings. The minimum absolute atomic E-state index is 0.226. The van der Waals surface area contributed by atoms with Crippen molar-refractivity contribution in [1.29, 1.82) is 0 Å². The number of hydrogen-bond donors (Lipinski definition) is 2. The first-order chi connectivity index (χ1) is 17.5. The lowest BCUT2D eigenvalue weighted by Crippen LogP contribution is -2.41. The molecular formula is C29H42N2O4S. The van der Waals surface area contributed by atoms with Crippen molar-refractivity contribution in [3.05, 3.63) is 36.0 Å². The van der Waals surface area contributed by atoms with E-state index < -0.39 is 12.1 Å². The number of likely N-dealkylation sites (tertiary alicyclic amines) is 1. The number of ether oxygens (including phenoxy) is 1. The van der Waals surface area contributed by atoms with Crippen molar-refractivity contribution in [2.45, 2.75) is 75.6 Å². The van der Waals surface area contributed by atoms with Gasteiger partial charge in [-0.2, -0.15) is 11.8 Å². The van der Waals surface area contributed by atoms with Gasteiger partial charge in [0.25, 0.3) is 0 Å². The zero-order valence-electron chi connectivity index (χ0n) is 21.6. The van der Waals surface area contributed by atoms with Gasteiger partial charge in [-0.15, -0.1) is 0 Å². The highest BCUT2D eigenvalue weighted by atomic mass is 32.2. The number of fused-ring (bicyclic) bond motifs is 1. The molecule has 4 rings (SSSR count). The fourth-order valence-electron chi connectivity index (χ4n) is 6.06. The Bertz CT molecular complexity index is 981. The van der Waals surface area contributed by atoms with Gasteiger partial charge in [0.05, 0.1) is 18.7 Å². The van der Waals surface area contributed by atoms with Crippen LogP contribution < -0.4 is 4.74 Å². The highest BCUT2D eigenvalue weighted by molar-refractivity contribution is 7.99. The van der Waals surface area contributed by atoms with Crippen molar-refractivity contribution in [1.82, 2.24) is 9.88 Å². The summed E-state index contributed by atoms with van der Waals surface area (Å²) in [7, 11) is 1.64. The minimum atomic E-state index is -0.712. The van der Waals surface area contributed by atoms with Gasteiger partial charge in [0.15, 0.2) is 0 Å². The fraction of sp³-hybridized carbons (Fsp3) is 0.655. The SMILES string of the molecule is COc1ccc2nccc([C@@H](O)CCC3CCN(CCCSC4CCCC4)CC3CCC(=O)O)c2c1. The van der Waals surface area contributed by atoms with Gasteiger partial charge in [-0.05, 0) is 105 Å². The molecule has 1 aliphatic carbocycles. The van der Waals surface area contributed by atoms with Crippen LogP contribution in [-0.4, -0.2) is 63.8 Å². The van der Waals surface area contributed by atoms with Crippen LogP contribution in [-0.2, 0) is 4.79 Å². The maximum Gasteiger partial charge on any atom is 0.303 e. The summed E-state index contributed by atoms with van der Waals surface area (Å²) < 4.78 is 5.38. The maximum absolute atomic E-state index is 11.3. The zero-order chi connectivity index (χ0) is 25.3. The Labute approximate surface area is 219 Å². The minimum Gasteiger partial charge on any atom is -0.497 e. The number of aliphatic hydroxyl groups excluding tert-OH is 1. The summed E-state index contributed by atoms with van der Waals surface area (Å²) in [6.45, 7) is 3.18. The number of thioether (sulfide) groups is 1. The summed E-state index contributed by atoms with van der Waals surface area (Å²) in [6, 6.07) is 7.66. The Morgan fingerprint density at radius 3 is 2.81 bits per heavy atom. The van der Waals surface area contributed by atoms with E-state index in [4.69, 9.17) is 4.74 Å². The van der Waals surface area contributed by atoms with Gasteiger partial charge in [0.2, 0.25) is 0 Å². The molecule has 2 N–H and O–H groups in total. The van der Waals surface area contributed by atoms with E-state index in [0.717, 1.165) is 66.4 Å². The van der Waals surface area contributed by atoms with Crippen molar-refractivity contribution in [3.8, 4) is 5.75 Å². The monoisotopic (exact) mass is 514 g/mol. The standard InChI is InChI=1S/C29H42N2O4S/c1-35-23-9-10-27-26(19-23)25(13-15-30-27)28(32)11-7-21-14-17-31(20-22(21)8-12-29(33)34)16-4-18-36-24-5-2-3-6-24/h9-10,13,15,19,21-22,24,28,32H,2-8,11-12,14,16-18,20H2,1H3,(H,33,34)/t21?,22?,28-/m0/s1. The first-order valence-corrected chi connectivity index (χ1v) is 14.7. The van der Waals surface area contributed by atoms with Crippen LogP contribution in [0.25, 0.3) is 10.9 Å². The third-order valence-electron chi connectivity index (χ3n) is 8.13.